The van der Waals surface area contributed by atoms with Gasteiger partial charge in [0.05, 0.1) is 6.61 Å². The van der Waals surface area contributed by atoms with E-state index in [1.807, 2.05) is 30.3 Å². The molecule has 1 aliphatic heterocycles. The van der Waals surface area contributed by atoms with E-state index >= 15 is 0 Å². The van der Waals surface area contributed by atoms with Gasteiger partial charge in [-0.3, -0.25) is 0 Å². The minimum Gasteiger partial charge on any atom is -0.473 e. The van der Waals surface area contributed by atoms with Crippen LogP contribution in [-0.2, 0) is 9.47 Å². The zero-order chi connectivity index (χ0) is 11.4. The van der Waals surface area contributed by atoms with E-state index in [-0.39, 0.29) is 6.23 Å². The van der Waals surface area contributed by atoms with Crippen LogP contribution in [-0.4, -0.2) is 25.3 Å². The third-order valence-electron chi connectivity index (χ3n) is 2.27. The molecule has 1 heterocycles. The Kier molecular flexibility index (Phi) is 3.57. The van der Waals surface area contributed by atoms with Crippen LogP contribution in [0.4, 0.5) is 0 Å². The Bertz CT molecular complexity index is 359. The molecule has 0 fully saturated rings. The van der Waals surface area contributed by atoms with Gasteiger partial charge in [0.15, 0.2) is 6.23 Å². The van der Waals surface area contributed by atoms with E-state index in [1.165, 1.54) is 0 Å². The number of benzene rings is 1. The molecule has 0 N–H and O–H groups in total. The van der Waals surface area contributed by atoms with Crippen LogP contribution in [0.25, 0.3) is 0 Å². The first-order valence-corrected chi connectivity index (χ1v) is 5.63. The number of aliphatic imine (C=N–C) groups is 1. The van der Waals surface area contributed by atoms with E-state index in [2.05, 4.69) is 18.8 Å². The molecule has 1 aromatic carbocycles. The molecule has 0 saturated carbocycles. The van der Waals surface area contributed by atoms with Crippen LogP contribution in [0.2, 0.25) is 0 Å². The molecule has 16 heavy (non-hydrogen) atoms. The second kappa shape index (κ2) is 5.12. The van der Waals surface area contributed by atoms with E-state index in [1.54, 1.807) is 0 Å². The molecule has 2 rings (SSSR count). The molecule has 0 aromatic heterocycles. The lowest BCUT2D eigenvalue weighted by Gasteiger charge is -2.08. The summed E-state index contributed by atoms with van der Waals surface area (Å²) in [6.45, 7) is 5.49. The lowest BCUT2D eigenvalue weighted by atomic mass is 10.2. The highest BCUT2D eigenvalue weighted by Gasteiger charge is 2.20. The van der Waals surface area contributed by atoms with E-state index in [0.717, 1.165) is 12.2 Å². The smallest absolute Gasteiger partial charge is 0.218 e. The van der Waals surface area contributed by atoms with Gasteiger partial charge < -0.3 is 9.47 Å². The van der Waals surface area contributed by atoms with Gasteiger partial charge in [-0.15, -0.1) is 0 Å². The fourth-order valence-electron chi connectivity index (χ4n) is 1.48. The molecule has 1 aromatic rings. The third-order valence-corrected chi connectivity index (χ3v) is 2.27. The SMILES string of the molecule is CC(C)COC1COC(c2ccccc2)=N1. The van der Waals surface area contributed by atoms with Gasteiger partial charge in [-0.05, 0) is 18.1 Å². The largest absolute Gasteiger partial charge is 0.473 e. The number of nitrogens with zero attached hydrogens (tertiary/aromatic N) is 1. The van der Waals surface area contributed by atoms with Crippen LogP contribution in [0.5, 0.6) is 0 Å². The molecule has 0 aliphatic carbocycles. The second-order valence-electron chi connectivity index (χ2n) is 4.29. The topological polar surface area (TPSA) is 30.8 Å². The summed E-state index contributed by atoms with van der Waals surface area (Å²) in [7, 11) is 0. The number of rotatable bonds is 4. The third kappa shape index (κ3) is 2.83. The van der Waals surface area contributed by atoms with Crippen LogP contribution in [0.1, 0.15) is 19.4 Å². The maximum absolute atomic E-state index is 5.60. The lowest BCUT2D eigenvalue weighted by Crippen LogP contribution is -2.14. The molecular weight excluding hydrogens is 202 g/mol. The summed E-state index contributed by atoms with van der Waals surface area (Å²) in [4.78, 5) is 4.40. The molecule has 3 nitrogen and oxygen atoms in total. The molecule has 0 amide bonds. The first kappa shape index (κ1) is 11.1. The van der Waals surface area contributed by atoms with E-state index < -0.39 is 0 Å². The molecule has 0 spiro atoms. The van der Waals surface area contributed by atoms with Gasteiger partial charge in [0.25, 0.3) is 0 Å². The van der Waals surface area contributed by atoms with Crippen LogP contribution in [0, 0.1) is 5.92 Å². The van der Waals surface area contributed by atoms with E-state index in [4.69, 9.17) is 9.47 Å². The van der Waals surface area contributed by atoms with Crippen molar-refractivity contribution < 1.29 is 9.47 Å². The van der Waals surface area contributed by atoms with Crippen molar-refractivity contribution in [3.05, 3.63) is 35.9 Å². The Balaban J connectivity index is 1.96. The molecule has 0 radical (unpaired) electrons. The highest BCUT2D eigenvalue weighted by Crippen LogP contribution is 2.13. The Morgan fingerprint density at radius 3 is 2.81 bits per heavy atom. The van der Waals surface area contributed by atoms with Gasteiger partial charge in [0.2, 0.25) is 5.90 Å². The summed E-state index contributed by atoms with van der Waals surface area (Å²) >= 11 is 0. The van der Waals surface area contributed by atoms with Crippen LogP contribution in [0.15, 0.2) is 35.3 Å². The summed E-state index contributed by atoms with van der Waals surface area (Å²) < 4.78 is 11.1. The maximum atomic E-state index is 5.60. The first-order valence-electron chi connectivity index (χ1n) is 5.63. The average molecular weight is 219 g/mol. The normalized spacial score (nSPS) is 19.7. The van der Waals surface area contributed by atoms with Gasteiger partial charge >= 0.3 is 0 Å². The Morgan fingerprint density at radius 1 is 1.38 bits per heavy atom. The predicted octanol–water partition coefficient (Wildman–Crippen LogP) is 2.46. The molecule has 0 saturated heterocycles. The predicted molar refractivity (Wildman–Crippen MR) is 63.5 cm³/mol. The zero-order valence-electron chi connectivity index (χ0n) is 9.72. The molecule has 1 atom stereocenters. The summed E-state index contributed by atoms with van der Waals surface area (Å²) in [6.07, 6.45) is -0.141. The van der Waals surface area contributed by atoms with Crippen LogP contribution >= 0.6 is 0 Å². The van der Waals surface area contributed by atoms with Crippen molar-refractivity contribution in [1.29, 1.82) is 0 Å². The fraction of sp³-hybridized carbons (Fsp3) is 0.462. The van der Waals surface area contributed by atoms with E-state index in [0.29, 0.717) is 18.4 Å². The number of hydrogen-bond acceptors (Lipinski definition) is 3. The van der Waals surface area contributed by atoms with Crippen molar-refractivity contribution in [2.24, 2.45) is 10.9 Å². The highest BCUT2D eigenvalue weighted by atomic mass is 16.6. The summed E-state index contributed by atoms with van der Waals surface area (Å²) in [5.74, 6) is 1.21. The average Bonchev–Trinajstić information content (AvgIpc) is 2.76. The van der Waals surface area contributed by atoms with E-state index in [9.17, 15) is 0 Å². The highest BCUT2D eigenvalue weighted by molar-refractivity contribution is 5.94. The van der Waals surface area contributed by atoms with Gasteiger partial charge in [0, 0.05) is 5.56 Å². The monoisotopic (exact) mass is 219 g/mol. The lowest BCUT2D eigenvalue weighted by molar-refractivity contribution is 0.0259. The Morgan fingerprint density at radius 2 is 2.12 bits per heavy atom. The number of ether oxygens (including phenoxy) is 2. The summed E-state index contributed by atoms with van der Waals surface area (Å²) in [5.41, 5.74) is 1.01. The van der Waals surface area contributed by atoms with Gasteiger partial charge in [-0.2, -0.15) is 0 Å². The second-order valence-corrected chi connectivity index (χ2v) is 4.29. The standard InChI is InChI=1S/C13H17NO2/c1-10(2)8-15-12-9-16-13(14-12)11-6-4-3-5-7-11/h3-7,10,12H,8-9H2,1-2H3. The molecule has 1 unspecified atom stereocenters. The molecular formula is C13H17NO2. The first-order chi connectivity index (χ1) is 7.75. The van der Waals surface area contributed by atoms with Gasteiger partial charge in [-0.25, -0.2) is 4.99 Å². The van der Waals surface area contributed by atoms with Gasteiger partial charge in [0.1, 0.15) is 6.61 Å². The van der Waals surface area contributed by atoms with Crippen molar-refractivity contribution in [3.8, 4) is 0 Å². The molecule has 1 aliphatic rings. The Hall–Kier alpha value is -1.35. The summed E-state index contributed by atoms with van der Waals surface area (Å²) in [6, 6.07) is 9.91. The van der Waals surface area contributed by atoms with Crippen LogP contribution in [0.3, 0.4) is 0 Å². The minimum absolute atomic E-state index is 0.141. The number of hydrogen-bond donors (Lipinski definition) is 0. The van der Waals surface area contributed by atoms with Crippen molar-refractivity contribution in [2.45, 2.75) is 20.1 Å². The molecule has 3 heteroatoms. The molecule has 0 bridgehead atoms. The molecule has 86 valence electrons. The summed E-state index contributed by atoms with van der Waals surface area (Å²) in [5, 5.41) is 0. The minimum atomic E-state index is -0.141. The Labute approximate surface area is 96.1 Å². The van der Waals surface area contributed by atoms with Crippen LogP contribution < -0.4 is 0 Å². The van der Waals surface area contributed by atoms with Crippen molar-refractivity contribution in [1.82, 2.24) is 0 Å². The zero-order valence-corrected chi connectivity index (χ0v) is 9.72. The maximum Gasteiger partial charge on any atom is 0.218 e. The van der Waals surface area contributed by atoms with Crippen molar-refractivity contribution in [3.63, 3.8) is 0 Å². The van der Waals surface area contributed by atoms with Gasteiger partial charge in [-0.1, -0.05) is 32.0 Å². The van der Waals surface area contributed by atoms with Crippen molar-refractivity contribution in [2.75, 3.05) is 13.2 Å². The quantitative estimate of drug-likeness (QED) is 0.778. The van der Waals surface area contributed by atoms with Crippen molar-refractivity contribution >= 4 is 5.90 Å². The fourth-order valence-corrected chi connectivity index (χ4v) is 1.48.